The minimum atomic E-state index is -1.00. The lowest BCUT2D eigenvalue weighted by atomic mass is 9.99. The normalized spacial score (nSPS) is 13.2. The minimum absolute atomic E-state index is 0.101. The van der Waals surface area contributed by atoms with Gasteiger partial charge in [-0.05, 0) is 24.3 Å². The molecule has 0 bridgehead atoms. The van der Waals surface area contributed by atoms with Crippen LogP contribution in [0.4, 0.5) is 14.6 Å². The monoisotopic (exact) mass is 465 g/mol. The van der Waals surface area contributed by atoms with E-state index in [1.54, 1.807) is 35.4 Å². The lowest BCUT2D eigenvalue weighted by Gasteiger charge is -2.36. The molecule has 0 atom stereocenters. The Kier molecular flexibility index (Phi) is 6.91. The van der Waals surface area contributed by atoms with Gasteiger partial charge in [-0.2, -0.15) is 20.7 Å². The highest BCUT2D eigenvalue weighted by Gasteiger charge is 2.32. The third-order valence-corrected chi connectivity index (χ3v) is 5.84. The van der Waals surface area contributed by atoms with Gasteiger partial charge in [0.15, 0.2) is 0 Å². The molecule has 1 fully saturated rings. The molecule has 0 unspecified atom stereocenters. The molecule has 3 aromatic heterocycles. The van der Waals surface area contributed by atoms with Crippen LogP contribution in [0.25, 0.3) is 11.3 Å². The van der Waals surface area contributed by atoms with Crippen molar-refractivity contribution in [3.63, 3.8) is 0 Å². The van der Waals surface area contributed by atoms with Crippen molar-refractivity contribution in [2.24, 2.45) is 0 Å². The summed E-state index contributed by atoms with van der Waals surface area (Å²) in [4.78, 5) is 10.6. The van der Waals surface area contributed by atoms with E-state index in [1.165, 1.54) is 18.0 Å². The lowest BCUT2D eigenvalue weighted by molar-refractivity contribution is 0.272. The maximum atomic E-state index is 13.6. The number of nitriles is 2. The second-order valence-electron chi connectivity index (χ2n) is 7.01. The zero-order chi connectivity index (χ0) is 23.2. The highest BCUT2D eigenvalue weighted by Crippen LogP contribution is 2.39. The van der Waals surface area contributed by atoms with E-state index in [9.17, 15) is 19.3 Å². The molecule has 33 heavy (non-hydrogen) atoms. The molecular formula is C22H17F2N7OS. The summed E-state index contributed by atoms with van der Waals surface area (Å²) in [6, 6.07) is 11.0. The van der Waals surface area contributed by atoms with E-state index in [1.807, 2.05) is 0 Å². The van der Waals surface area contributed by atoms with Crippen LogP contribution in [0.1, 0.15) is 16.8 Å². The molecule has 1 aliphatic rings. The predicted molar refractivity (Wildman–Crippen MR) is 117 cm³/mol. The number of ether oxygens (including phenoxy) is 1. The van der Waals surface area contributed by atoms with Gasteiger partial charge in [-0.15, -0.1) is 0 Å². The quantitative estimate of drug-likeness (QED) is 0.462. The van der Waals surface area contributed by atoms with Crippen molar-refractivity contribution in [3.8, 4) is 29.1 Å². The molecule has 0 aliphatic carbocycles. The van der Waals surface area contributed by atoms with Crippen molar-refractivity contribution < 1.29 is 13.5 Å². The van der Waals surface area contributed by atoms with Crippen LogP contribution < -0.4 is 9.64 Å². The second-order valence-corrected chi connectivity index (χ2v) is 7.98. The van der Waals surface area contributed by atoms with Crippen molar-refractivity contribution in [3.05, 3.63) is 53.5 Å². The van der Waals surface area contributed by atoms with Gasteiger partial charge >= 0.3 is 0 Å². The first-order valence-corrected chi connectivity index (χ1v) is 10.9. The van der Waals surface area contributed by atoms with Gasteiger partial charge in [0.25, 0.3) is 0 Å². The van der Waals surface area contributed by atoms with Crippen LogP contribution >= 0.6 is 11.8 Å². The Hall–Kier alpha value is -3.83. The van der Waals surface area contributed by atoms with E-state index >= 15 is 0 Å². The molecule has 1 aliphatic heterocycles. The number of thioether (sulfide) groups is 1. The van der Waals surface area contributed by atoms with Crippen LogP contribution in [0.5, 0.6) is 5.75 Å². The first kappa shape index (κ1) is 22.4. The Morgan fingerprint density at radius 3 is 2.61 bits per heavy atom. The number of rotatable bonds is 8. The number of anilines is 1. The summed E-state index contributed by atoms with van der Waals surface area (Å²) >= 11 is 1.27. The van der Waals surface area contributed by atoms with Crippen molar-refractivity contribution >= 4 is 17.6 Å². The highest BCUT2D eigenvalue weighted by atomic mass is 32.2. The fourth-order valence-electron chi connectivity index (χ4n) is 3.27. The maximum absolute atomic E-state index is 13.6. The molecular weight excluding hydrogens is 448 g/mol. The van der Waals surface area contributed by atoms with Crippen LogP contribution in [-0.2, 0) is 5.75 Å². The third kappa shape index (κ3) is 4.83. The fraction of sp³-hybridized carbons (Fsp3) is 0.273. The predicted octanol–water partition coefficient (Wildman–Crippen LogP) is 3.48. The van der Waals surface area contributed by atoms with Gasteiger partial charge in [-0.25, -0.2) is 13.8 Å². The molecule has 0 saturated carbocycles. The summed E-state index contributed by atoms with van der Waals surface area (Å²) in [7, 11) is 0. The molecule has 3 aromatic rings. The Labute approximate surface area is 192 Å². The Morgan fingerprint density at radius 2 is 2.00 bits per heavy atom. The number of nitrogens with zero attached hydrogens (tertiary/aromatic N) is 7. The number of alkyl halides is 2. The molecule has 4 heterocycles. The summed E-state index contributed by atoms with van der Waals surface area (Å²) in [6.45, 7) is -0.504. The molecule has 8 nitrogen and oxygen atoms in total. The maximum Gasteiger partial charge on any atom is 0.148 e. The largest absolute Gasteiger partial charge is 0.489 e. The molecule has 4 rings (SSSR count). The van der Waals surface area contributed by atoms with Crippen LogP contribution in [0.2, 0.25) is 0 Å². The summed E-state index contributed by atoms with van der Waals surface area (Å²) in [5, 5.41) is 28.2. The average molecular weight is 465 g/mol. The highest BCUT2D eigenvalue weighted by molar-refractivity contribution is 7.98. The van der Waals surface area contributed by atoms with Crippen molar-refractivity contribution in [2.45, 2.75) is 17.0 Å². The van der Waals surface area contributed by atoms with Crippen LogP contribution in [0, 0.1) is 22.7 Å². The fourth-order valence-corrected chi connectivity index (χ4v) is 4.15. The van der Waals surface area contributed by atoms with E-state index in [0.29, 0.717) is 39.3 Å². The zero-order valence-electron chi connectivity index (χ0n) is 17.3. The molecule has 11 heteroatoms. The Balaban J connectivity index is 1.79. The Bertz CT molecular complexity index is 1210. The number of hydrogen-bond donors (Lipinski definition) is 0. The van der Waals surface area contributed by atoms with E-state index in [0.717, 1.165) is 0 Å². The summed E-state index contributed by atoms with van der Waals surface area (Å²) in [6.07, 6.45) is 1.97. The van der Waals surface area contributed by atoms with Gasteiger partial charge in [0.1, 0.15) is 53.7 Å². The number of halogens is 2. The first-order chi connectivity index (χ1) is 16.1. The lowest BCUT2D eigenvalue weighted by Crippen LogP contribution is -2.49. The molecule has 0 aromatic carbocycles. The summed E-state index contributed by atoms with van der Waals surface area (Å²) in [5.41, 5.74) is 1.70. The van der Waals surface area contributed by atoms with Crippen molar-refractivity contribution in [1.82, 2.24) is 20.2 Å². The van der Waals surface area contributed by atoms with Crippen LogP contribution in [0.15, 0.2) is 41.7 Å². The molecule has 1 saturated heterocycles. The van der Waals surface area contributed by atoms with Gasteiger partial charge in [0, 0.05) is 17.5 Å². The topological polar surface area (TPSA) is 112 Å². The zero-order valence-corrected chi connectivity index (χ0v) is 18.1. The summed E-state index contributed by atoms with van der Waals surface area (Å²) < 4.78 is 31.2. The second kappa shape index (κ2) is 10.2. The Morgan fingerprint density at radius 1 is 1.18 bits per heavy atom. The molecule has 0 amide bonds. The van der Waals surface area contributed by atoms with Crippen LogP contribution in [-0.4, -0.2) is 52.7 Å². The van der Waals surface area contributed by atoms with Gasteiger partial charge < -0.3 is 9.64 Å². The number of aromatic nitrogens is 4. The van der Waals surface area contributed by atoms with Gasteiger partial charge in [-0.3, -0.25) is 4.98 Å². The van der Waals surface area contributed by atoms with Crippen LogP contribution in [0.3, 0.4) is 0 Å². The van der Waals surface area contributed by atoms with Gasteiger partial charge in [0.2, 0.25) is 0 Å². The minimum Gasteiger partial charge on any atom is -0.489 e. The smallest absolute Gasteiger partial charge is 0.148 e. The molecule has 0 N–H and O–H groups in total. The van der Waals surface area contributed by atoms with E-state index in [2.05, 4.69) is 32.3 Å². The third-order valence-electron chi connectivity index (χ3n) is 4.83. The van der Waals surface area contributed by atoms with Crippen molar-refractivity contribution in [1.29, 1.82) is 10.5 Å². The SMILES string of the molecule is N#Cc1c(SCc2cccnn2)nc(N2CC(F)C2)c(C#N)c1-c1ccc(OCCF)cn1. The molecule has 0 radical (unpaired) electrons. The average Bonchev–Trinajstić information content (AvgIpc) is 2.84. The van der Waals surface area contributed by atoms with Gasteiger partial charge in [-0.1, -0.05) is 11.8 Å². The van der Waals surface area contributed by atoms with Crippen molar-refractivity contribution in [2.75, 3.05) is 31.3 Å². The first-order valence-electron chi connectivity index (χ1n) is 9.96. The van der Waals surface area contributed by atoms with E-state index in [4.69, 9.17) is 4.74 Å². The van der Waals surface area contributed by atoms with E-state index < -0.39 is 12.8 Å². The molecule has 166 valence electrons. The molecule has 0 spiro atoms. The standard InChI is InChI=1S/C22H17F2N7OS/c23-5-7-32-16-3-4-19(27-10-16)20-17(8-25)21(31-11-14(24)12-31)29-22(18(20)9-26)33-13-15-2-1-6-28-30-15/h1-4,6,10,14H,5,7,11-13H2. The van der Waals surface area contributed by atoms with E-state index in [-0.39, 0.29) is 30.8 Å². The number of pyridine rings is 2. The number of hydrogen-bond acceptors (Lipinski definition) is 9. The van der Waals surface area contributed by atoms with Gasteiger partial charge in [0.05, 0.1) is 36.2 Å². The summed E-state index contributed by atoms with van der Waals surface area (Å²) in [5.74, 6) is 1.07.